The summed E-state index contributed by atoms with van der Waals surface area (Å²) in [6.07, 6.45) is 0. The van der Waals surface area contributed by atoms with Gasteiger partial charge in [0, 0.05) is 20.2 Å². The molecule has 0 atom stereocenters. The first-order valence-electron chi connectivity index (χ1n) is 6.10. The van der Waals surface area contributed by atoms with Crippen LogP contribution in [0.25, 0.3) is 0 Å². The van der Waals surface area contributed by atoms with E-state index in [0.717, 1.165) is 5.69 Å². The Bertz CT molecular complexity index is 358. The first-order valence-corrected chi connectivity index (χ1v) is 6.10. The number of benzene rings is 1. The standard InChI is InChI=1S/C13H22N2O3/c1-3-18-12-6-4-5-11(13(12)14)15(7-9-16)8-10-17-2/h4-6,16H,3,7-10,14H2,1-2H3. The van der Waals surface area contributed by atoms with E-state index in [2.05, 4.69) is 0 Å². The van der Waals surface area contributed by atoms with Gasteiger partial charge in [0.05, 0.1) is 31.2 Å². The summed E-state index contributed by atoms with van der Waals surface area (Å²) in [5.41, 5.74) is 7.55. The Labute approximate surface area is 108 Å². The maximum Gasteiger partial charge on any atom is 0.144 e. The Balaban J connectivity index is 2.92. The number of nitrogens with two attached hydrogens (primary N) is 1. The van der Waals surface area contributed by atoms with Gasteiger partial charge in [0.25, 0.3) is 0 Å². The Hall–Kier alpha value is -1.46. The van der Waals surface area contributed by atoms with Gasteiger partial charge in [-0.05, 0) is 19.1 Å². The monoisotopic (exact) mass is 254 g/mol. The van der Waals surface area contributed by atoms with Crippen LogP contribution in [0, 0.1) is 0 Å². The van der Waals surface area contributed by atoms with E-state index in [9.17, 15) is 0 Å². The minimum absolute atomic E-state index is 0.0714. The predicted octanol–water partition coefficient (Wildman–Crippen LogP) is 1.11. The van der Waals surface area contributed by atoms with E-state index in [1.165, 1.54) is 0 Å². The molecule has 0 heterocycles. The summed E-state index contributed by atoms with van der Waals surface area (Å²) < 4.78 is 10.5. The van der Waals surface area contributed by atoms with E-state index in [1.54, 1.807) is 7.11 Å². The Morgan fingerprint density at radius 2 is 2.11 bits per heavy atom. The zero-order valence-corrected chi connectivity index (χ0v) is 11.1. The SMILES string of the molecule is CCOc1cccc(N(CCO)CCOC)c1N. The normalized spacial score (nSPS) is 10.4. The van der Waals surface area contributed by atoms with Crippen LogP contribution < -0.4 is 15.4 Å². The van der Waals surface area contributed by atoms with Gasteiger partial charge in [-0.2, -0.15) is 0 Å². The van der Waals surface area contributed by atoms with Gasteiger partial charge in [-0.15, -0.1) is 0 Å². The molecule has 0 fully saturated rings. The van der Waals surface area contributed by atoms with Gasteiger partial charge in [0.15, 0.2) is 0 Å². The number of ether oxygens (including phenoxy) is 2. The minimum atomic E-state index is 0.0714. The first-order chi connectivity index (χ1) is 8.74. The van der Waals surface area contributed by atoms with E-state index in [-0.39, 0.29) is 6.61 Å². The molecule has 0 spiro atoms. The fourth-order valence-corrected chi connectivity index (χ4v) is 1.76. The summed E-state index contributed by atoms with van der Waals surface area (Å²) in [6, 6.07) is 5.66. The number of nitrogen functional groups attached to an aromatic ring is 1. The van der Waals surface area contributed by atoms with Gasteiger partial charge < -0.3 is 25.2 Å². The maximum atomic E-state index is 9.11. The van der Waals surface area contributed by atoms with Crippen LogP contribution in [-0.2, 0) is 4.74 Å². The summed E-state index contributed by atoms with van der Waals surface area (Å²) >= 11 is 0. The molecule has 1 aromatic rings. The molecule has 0 aliphatic rings. The van der Waals surface area contributed by atoms with Crippen LogP contribution in [0.15, 0.2) is 18.2 Å². The molecule has 5 nitrogen and oxygen atoms in total. The average molecular weight is 254 g/mol. The van der Waals surface area contributed by atoms with E-state index in [1.807, 2.05) is 30.0 Å². The van der Waals surface area contributed by atoms with Crippen LogP contribution in [0.5, 0.6) is 5.75 Å². The zero-order chi connectivity index (χ0) is 13.4. The number of hydrogen-bond donors (Lipinski definition) is 2. The number of nitrogens with zero attached hydrogens (tertiary/aromatic N) is 1. The first kappa shape index (κ1) is 14.6. The lowest BCUT2D eigenvalue weighted by molar-refractivity contribution is 0.203. The van der Waals surface area contributed by atoms with Gasteiger partial charge >= 0.3 is 0 Å². The molecule has 0 saturated carbocycles. The van der Waals surface area contributed by atoms with E-state index >= 15 is 0 Å². The van der Waals surface area contributed by atoms with Crippen LogP contribution in [0.2, 0.25) is 0 Å². The average Bonchev–Trinajstić information content (AvgIpc) is 2.38. The molecule has 1 aromatic carbocycles. The topological polar surface area (TPSA) is 68.0 Å². The van der Waals surface area contributed by atoms with Crippen molar-refractivity contribution in [2.75, 3.05) is 50.7 Å². The van der Waals surface area contributed by atoms with Gasteiger partial charge in [0.2, 0.25) is 0 Å². The zero-order valence-electron chi connectivity index (χ0n) is 11.1. The van der Waals surface area contributed by atoms with Crippen molar-refractivity contribution in [3.8, 4) is 5.75 Å². The molecule has 1 rings (SSSR count). The molecule has 18 heavy (non-hydrogen) atoms. The minimum Gasteiger partial charge on any atom is -0.492 e. The molecular formula is C13H22N2O3. The van der Waals surface area contributed by atoms with Gasteiger partial charge in [0.1, 0.15) is 5.75 Å². The number of methoxy groups -OCH3 is 1. The third-order valence-corrected chi connectivity index (χ3v) is 2.62. The van der Waals surface area contributed by atoms with Crippen LogP contribution >= 0.6 is 0 Å². The summed E-state index contributed by atoms with van der Waals surface area (Å²) in [5, 5.41) is 9.11. The fraction of sp³-hybridized carbons (Fsp3) is 0.538. The molecule has 0 aliphatic carbocycles. The Morgan fingerprint density at radius 3 is 2.72 bits per heavy atom. The van der Waals surface area contributed by atoms with Crippen LogP contribution in [-0.4, -0.2) is 45.1 Å². The molecule has 0 aromatic heterocycles. The van der Waals surface area contributed by atoms with Crippen molar-refractivity contribution >= 4 is 11.4 Å². The van der Waals surface area contributed by atoms with E-state index in [4.69, 9.17) is 20.3 Å². The van der Waals surface area contributed by atoms with Crippen molar-refractivity contribution in [1.82, 2.24) is 0 Å². The number of para-hydroxylation sites is 1. The number of aliphatic hydroxyl groups is 1. The van der Waals surface area contributed by atoms with Crippen molar-refractivity contribution in [1.29, 1.82) is 0 Å². The Kier molecular flexibility index (Phi) is 6.32. The van der Waals surface area contributed by atoms with Gasteiger partial charge in [-0.25, -0.2) is 0 Å². The third kappa shape index (κ3) is 3.78. The highest BCUT2D eigenvalue weighted by atomic mass is 16.5. The second kappa shape index (κ2) is 7.79. The molecule has 0 radical (unpaired) electrons. The summed E-state index contributed by atoms with van der Waals surface area (Å²) in [7, 11) is 1.65. The third-order valence-electron chi connectivity index (χ3n) is 2.62. The lowest BCUT2D eigenvalue weighted by Crippen LogP contribution is -2.30. The second-order valence-corrected chi connectivity index (χ2v) is 3.83. The maximum absolute atomic E-state index is 9.11. The quantitative estimate of drug-likeness (QED) is 0.680. The highest BCUT2D eigenvalue weighted by Crippen LogP contribution is 2.32. The van der Waals surface area contributed by atoms with Crippen molar-refractivity contribution in [3.63, 3.8) is 0 Å². The highest BCUT2D eigenvalue weighted by Gasteiger charge is 2.12. The van der Waals surface area contributed by atoms with Gasteiger partial charge in [-0.3, -0.25) is 0 Å². The predicted molar refractivity (Wildman–Crippen MR) is 73.2 cm³/mol. The highest BCUT2D eigenvalue weighted by molar-refractivity contribution is 5.74. The van der Waals surface area contributed by atoms with E-state index < -0.39 is 0 Å². The number of hydrogen-bond acceptors (Lipinski definition) is 5. The molecule has 0 amide bonds. The smallest absolute Gasteiger partial charge is 0.144 e. The van der Waals surface area contributed by atoms with Crippen molar-refractivity contribution in [3.05, 3.63) is 18.2 Å². The van der Waals surface area contributed by atoms with Crippen LogP contribution in [0.3, 0.4) is 0 Å². The fourth-order valence-electron chi connectivity index (χ4n) is 1.76. The van der Waals surface area contributed by atoms with Crippen LogP contribution in [0.1, 0.15) is 6.92 Å². The van der Waals surface area contributed by atoms with Crippen molar-refractivity contribution < 1.29 is 14.6 Å². The number of rotatable bonds is 8. The van der Waals surface area contributed by atoms with Gasteiger partial charge in [-0.1, -0.05) is 6.07 Å². The molecule has 102 valence electrons. The van der Waals surface area contributed by atoms with Crippen molar-refractivity contribution in [2.45, 2.75) is 6.92 Å². The van der Waals surface area contributed by atoms with E-state index in [0.29, 0.717) is 37.7 Å². The lowest BCUT2D eigenvalue weighted by Gasteiger charge is -2.25. The molecule has 0 bridgehead atoms. The van der Waals surface area contributed by atoms with Crippen molar-refractivity contribution in [2.24, 2.45) is 0 Å². The number of aliphatic hydroxyl groups excluding tert-OH is 1. The molecule has 0 unspecified atom stereocenters. The summed E-state index contributed by atoms with van der Waals surface area (Å²) in [6.45, 7) is 4.34. The summed E-state index contributed by atoms with van der Waals surface area (Å²) in [4.78, 5) is 1.99. The molecule has 0 saturated heterocycles. The molecule has 0 aliphatic heterocycles. The molecular weight excluding hydrogens is 232 g/mol. The number of anilines is 2. The second-order valence-electron chi connectivity index (χ2n) is 3.83. The largest absolute Gasteiger partial charge is 0.492 e. The Morgan fingerprint density at radius 1 is 1.33 bits per heavy atom. The van der Waals surface area contributed by atoms with Crippen LogP contribution in [0.4, 0.5) is 11.4 Å². The summed E-state index contributed by atoms with van der Waals surface area (Å²) in [5.74, 6) is 0.676. The molecule has 3 N–H and O–H groups in total. The molecule has 5 heteroatoms. The lowest BCUT2D eigenvalue weighted by atomic mass is 10.2.